The minimum atomic E-state index is -2.91. The van der Waals surface area contributed by atoms with Crippen LogP contribution in [0.5, 0.6) is 5.75 Å². The van der Waals surface area contributed by atoms with E-state index >= 15 is 0 Å². The standard InChI is InChI=1S/C17H24F5NO5Si/c1-4-25-29(26-5-2,27-6-3)10-8-7-9-23(22)17(24)28-13-11-12(18)14(19)16(21)15(13)20/h11H,4-10H2,1-3H3. The van der Waals surface area contributed by atoms with Crippen LogP contribution in [-0.4, -0.2) is 46.4 Å². The summed E-state index contributed by atoms with van der Waals surface area (Å²) in [4.78, 5) is 11.6. The molecule has 0 N–H and O–H groups in total. The van der Waals surface area contributed by atoms with Gasteiger partial charge in [-0.25, -0.2) is 18.0 Å². The molecule has 0 bridgehead atoms. The van der Waals surface area contributed by atoms with Crippen LogP contribution in [0.2, 0.25) is 6.04 Å². The maximum Gasteiger partial charge on any atom is 0.500 e. The molecule has 0 spiro atoms. The van der Waals surface area contributed by atoms with Crippen molar-refractivity contribution in [1.82, 2.24) is 5.12 Å². The van der Waals surface area contributed by atoms with Gasteiger partial charge in [0.25, 0.3) is 0 Å². The third-order valence-corrected chi connectivity index (χ3v) is 6.80. The number of hydrogen-bond acceptors (Lipinski definition) is 5. The molecule has 0 aliphatic carbocycles. The lowest BCUT2D eigenvalue weighted by Gasteiger charge is -2.28. The van der Waals surface area contributed by atoms with Gasteiger partial charge >= 0.3 is 14.9 Å². The number of ether oxygens (including phenoxy) is 1. The van der Waals surface area contributed by atoms with Gasteiger partial charge in [0.2, 0.25) is 11.6 Å². The minimum Gasteiger partial charge on any atom is -0.405 e. The molecular formula is C17H24F5NO5Si. The Hall–Kier alpha value is -1.76. The number of nitrogens with zero attached hydrogens (tertiary/aromatic N) is 1. The van der Waals surface area contributed by atoms with Gasteiger partial charge in [-0.05, 0) is 33.6 Å². The van der Waals surface area contributed by atoms with Crippen molar-refractivity contribution in [3.05, 3.63) is 29.3 Å². The van der Waals surface area contributed by atoms with Crippen LogP contribution in [0.1, 0.15) is 33.6 Å². The zero-order valence-corrected chi connectivity index (χ0v) is 17.4. The monoisotopic (exact) mass is 445 g/mol. The van der Waals surface area contributed by atoms with Gasteiger partial charge in [0, 0.05) is 31.9 Å². The lowest BCUT2D eigenvalue weighted by molar-refractivity contribution is 0.0340. The van der Waals surface area contributed by atoms with E-state index in [0.717, 1.165) is 0 Å². The second-order valence-electron chi connectivity index (χ2n) is 5.69. The number of rotatable bonds is 12. The number of amides is 1. The highest BCUT2D eigenvalue weighted by molar-refractivity contribution is 6.60. The Bertz CT molecular complexity index is 665. The predicted octanol–water partition coefficient (Wildman–Crippen LogP) is 4.76. The molecule has 0 aliphatic heterocycles. The molecule has 166 valence electrons. The average Bonchev–Trinajstić information content (AvgIpc) is 2.68. The third-order valence-electron chi connectivity index (χ3n) is 3.64. The highest BCUT2D eigenvalue weighted by Gasteiger charge is 2.39. The number of unbranched alkanes of at least 4 members (excludes halogenated alkanes) is 1. The first-order chi connectivity index (χ1) is 13.7. The van der Waals surface area contributed by atoms with Crippen LogP contribution in [0.25, 0.3) is 0 Å². The van der Waals surface area contributed by atoms with Gasteiger partial charge in [-0.15, -0.1) is 5.12 Å². The topological polar surface area (TPSA) is 57.2 Å². The van der Waals surface area contributed by atoms with Crippen molar-refractivity contribution >= 4 is 14.9 Å². The summed E-state index contributed by atoms with van der Waals surface area (Å²) in [6, 6.07) is 0.500. The Balaban J connectivity index is 2.60. The van der Waals surface area contributed by atoms with E-state index in [1.54, 1.807) is 20.8 Å². The van der Waals surface area contributed by atoms with E-state index in [1.807, 2.05) is 0 Å². The maximum atomic E-state index is 13.9. The van der Waals surface area contributed by atoms with Crippen LogP contribution in [-0.2, 0) is 13.3 Å². The van der Waals surface area contributed by atoms with Crippen molar-refractivity contribution in [1.29, 1.82) is 0 Å². The molecule has 1 amide bonds. The van der Waals surface area contributed by atoms with Gasteiger partial charge < -0.3 is 18.0 Å². The van der Waals surface area contributed by atoms with Crippen molar-refractivity contribution in [3.63, 3.8) is 0 Å². The normalized spacial score (nSPS) is 11.6. The van der Waals surface area contributed by atoms with E-state index in [1.165, 1.54) is 0 Å². The van der Waals surface area contributed by atoms with Crippen molar-refractivity contribution in [2.75, 3.05) is 26.4 Å². The zero-order valence-electron chi connectivity index (χ0n) is 16.4. The molecule has 0 radical (unpaired) electrons. The quantitative estimate of drug-likeness (QED) is 0.116. The number of carbonyl (C=O) groups is 1. The largest absolute Gasteiger partial charge is 0.500 e. The fourth-order valence-corrected chi connectivity index (χ4v) is 5.14. The Morgan fingerprint density at radius 2 is 1.48 bits per heavy atom. The van der Waals surface area contributed by atoms with E-state index in [-0.39, 0.29) is 17.6 Å². The molecule has 0 saturated carbocycles. The Labute approximate surface area is 166 Å². The number of hydrogen-bond donors (Lipinski definition) is 0. The lowest BCUT2D eigenvalue weighted by Crippen LogP contribution is -2.46. The van der Waals surface area contributed by atoms with Crippen LogP contribution in [0.4, 0.5) is 26.8 Å². The van der Waals surface area contributed by atoms with Crippen LogP contribution in [0.3, 0.4) is 0 Å². The number of carbonyl (C=O) groups excluding carboxylic acids is 1. The van der Waals surface area contributed by atoms with E-state index in [0.29, 0.717) is 32.3 Å². The molecule has 1 rings (SSSR count). The minimum absolute atomic E-state index is 0.117. The summed E-state index contributed by atoms with van der Waals surface area (Å²) in [5.74, 6) is -9.20. The van der Waals surface area contributed by atoms with Crippen molar-refractivity contribution in [3.8, 4) is 5.75 Å². The van der Waals surface area contributed by atoms with Crippen molar-refractivity contribution < 1.29 is 44.9 Å². The second kappa shape index (κ2) is 12.1. The molecule has 29 heavy (non-hydrogen) atoms. The summed E-state index contributed by atoms with van der Waals surface area (Å²) >= 11 is 0. The number of benzene rings is 1. The average molecular weight is 445 g/mol. The highest BCUT2D eigenvalue weighted by atomic mass is 28.4. The van der Waals surface area contributed by atoms with Crippen LogP contribution >= 0.6 is 0 Å². The summed E-state index contributed by atoms with van der Waals surface area (Å²) in [7, 11) is -2.91. The third kappa shape index (κ3) is 7.21. The zero-order chi connectivity index (χ0) is 22.0. The Kier molecular flexibility index (Phi) is 10.5. The molecule has 0 unspecified atom stereocenters. The fraction of sp³-hybridized carbons (Fsp3) is 0.588. The van der Waals surface area contributed by atoms with Gasteiger partial charge in [-0.3, -0.25) is 0 Å². The summed E-state index contributed by atoms with van der Waals surface area (Å²) in [6.45, 7) is 6.07. The first-order valence-electron chi connectivity index (χ1n) is 9.11. The molecule has 6 nitrogen and oxygen atoms in total. The van der Waals surface area contributed by atoms with E-state index < -0.39 is 50.5 Å². The van der Waals surface area contributed by atoms with E-state index in [9.17, 15) is 26.8 Å². The van der Waals surface area contributed by atoms with E-state index in [2.05, 4.69) is 4.74 Å². The van der Waals surface area contributed by atoms with Crippen LogP contribution < -0.4 is 4.74 Å². The van der Waals surface area contributed by atoms with Gasteiger partial charge in [0.15, 0.2) is 17.4 Å². The Morgan fingerprint density at radius 1 is 0.931 bits per heavy atom. The van der Waals surface area contributed by atoms with Gasteiger partial charge in [0.05, 0.1) is 6.54 Å². The fourth-order valence-electron chi connectivity index (χ4n) is 2.45. The van der Waals surface area contributed by atoms with Crippen LogP contribution in [0, 0.1) is 23.3 Å². The molecule has 0 aromatic heterocycles. The smallest absolute Gasteiger partial charge is 0.405 e. The maximum absolute atomic E-state index is 13.9. The van der Waals surface area contributed by atoms with Gasteiger partial charge in [0.1, 0.15) is 0 Å². The molecule has 1 aromatic rings. The summed E-state index contributed by atoms with van der Waals surface area (Å²) in [5.41, 5.74) is 0. The second-order valence-corrected chi connectivity index (χ2v) is 8.42. The molecule has 12 heteroatoms. The highest BCUT2D eigenvalue weighted by Crippen LogP contribution is 2.25. The predicted molar refractivity (Wildman–Crippen MR) is 94.8 cm³/mol. The molecule has 1 aromatic carbocycles. The van der Waals surface area contributed by atoms with Crippen molar-refractivity contribution in [2.24, 2.45) is 0 Å². The van der Waals surface area contributed by atoms with E-state index in [4.69, 9.17) is 13.3 Å². The van der Waals surface area contributed by atoms with Crippen LogP contribution in [0.15, 0.2) is 6.07 Å². The summed E-state index contributed by atoms with van der Waals surface area (Å²) in [6.07, 6.45) is -1.16. The van der Waals surface area contributed by atoms with Crippen molar-refractivity contribution in [2.45, 2.75) is 39.7 Å². The number of halogens is 5. The molecule has 0 heterocycles. The van der Waals surface area contributed by atoms with Gasteiger partial charge in [-0.1, -0.05) is 4.48 Å². The first-order valence-corrected chi connectivity index (χ1v) is 11.0. The first kappa shape index (κ1) is 25.3. The molecule has 0 atom stereocenters. The van der Waals surface area contributed by atoms with Gasteiger partial charge in [-0.2, -0.15) is 4.39 Å². The Morgan fingerprint density at radius 3 is 2.00 bits per heavy atom. The molecule has 0 fully saturated rings. The molecule has 0 saturated heterocycles. The lowest BCUT2D eigenvalue weighted by atomic mass is 10.3. The summed E-state index contributed by atoms with van der Waals surface area (Å²) < 4.78 is 87.7. The summed E-state index contributed by atoms with van der Waals surface area (Å²) in [5, 5.41) is -0.385. The SMILES string of the molecule is CCO[Si](CCCCN(F)C(=O)Oc1cc(F)c(F)c(F)c1F)(OCC)OCC. The molecular weight excluding hydrogens is 421 g/mol. The molecule has 0 aliphatic rings.